The monoisotopic (exact) mass is 268 g/mol. The Labute approximate surface area is 117 Å². The number of allylic oxidation sites excluding steroid dienone is 7. The Morgan fingerprint density at radius 2 is 2.21 bits per heavy atom. The standard InChI is InChI=1S/C16H12N2.ClH/c1-2-6-14-12(4-1)7-9-18-11-13-5-3-8-17-15(13)10-16(14)18;/h1-5,7-11H,6H2;1H. The lowest BCUT2D eigenvalue weighted by Crippen LogP contribution is -2.35. The van der Waals surface area contributed by atoms with E-state index in [9.17, 15) is 0 Å². The van der Waals surface area contributed by atoms with Gasteiger partial charge in [0.25, 0.3) is 0 Å². The van der Waals surface area contributed by atoms with Crippen molar-refractivity contribution in [3.63, 3.8) is 0 Å². The van der Waals surface area contributed by atoms with Gasteiger partial charge >= 0.3 is 0 Å². The van der Waals surface area contributed by atoms with Crippen LogP contribution in [0.4, 0.5) is 0 Å². The van der Waals surface area contributed by atoms with Gasteiger partial charge in [-0.15, -0.1) is 12.4 Å². The Morgan fingerprint density at radius 1 is 1.26 bits per heavy atom. The lowest BCUT2D eigenvalue weighted by atomic mass is 9.92. The summed E-state index contributed by atoms with van der Waals surface area (Å²) in [6, 6.07) is 4.07. The van der Waals surface area contributed by atoms with Crippen LogP contribution in [0.3, 0.4) is 0 Å². The first-order valence-corrected chi connectivity index (χ1v) is 6.13. The van der Waals surface area contributed by atoms with E-state index in [2.05, 4.69) is 58.7 Å². The maximum absolute atomic E-state index is 4.44. The van der Waals surface area contributed by atoms with Crippen LogP contribution in [0.25, 0.3) is 12.3 Å². The number of pyridine rings is 1. The zero-order valence-corrected chi connectivity index (χ0v) is 11.1. The van der Waals surface area contributed by atoms with Gasteiger partial charge in [0.1, 0.15) is 0 Å². The fraction of sp³-hybridized carbons (Fsp3) is 0.0625. The molecule has 2 nitrogen and oxygen atoms in total. The van der Waals surface area contributed by atoms with Crippen LogP contribution < -0.4 is 10.6 Å². The number of hydrogen-bond donors (Lipinski definition) is 0. The first-order valence-electron chi connectivity index (χ1n) is 6.13. The number of rotatable bonds is 0. The molecule has 4 rings (SSSR count). The third kappa shape index (κ3) is 1.85. The minimum atomic E-state index is 0. The van der Waals surface area contributed by atoms with Crippen LogP contribution in [-0.4, -0.2) is 9.88 Å². The molecule has 0 aromatic carbocycles. The van der Waals surface area contributed by atoms with Gasteiger partial charge in [0.2, 0.25) is 0 Å². The van der Waals surface area contributed by atoms with Crippen LogP contribution in [-0.2, 0) is 0 Å². The van der Waals surface area contributed by atoms with Crippen molar-refractivity contribution in [2.24, 2.45) is 0 Å². The number of fused-ring (bicyclic) bond motifs is 3. The molecule has 0 fully saturated rings. The maximum Gasteiger partial charge on any atom is 0.0737 e. The summed E-state index contributed by atoms with van der Waals surface area (Å²) in [5.41, 5.74) is 3.94. The minimum absolute atomic E-state index is 0. The first kappa shape index (κ1) is 12.0. The SMILES string of the molecule is C1=CCC2=C3C=c4ncccc4=CN3C=CC2=C1.Cl. The largest absolute Gasteiger partial charge is 0.323 e. The van der Waals surface area contributed by atoms with Crippen LogP contribution >= 0.6 is 12.4 Å². The van der Waals surface area contributed by atoms with Gasteiger partial charge in [0.15, 0.2) is 0 Å². The number of aromatic nitrogens is 1. The molecule has 0 radical (unpaired) electrons. The highest BCUT2D eigenvalue weighted by Gasteiger charge is 2.19. The van der Waals surface area contributed by atoms with E-state index in [1.165, 1.54) is 22.1 Å². The van der Waals surface area contributed by atoms with Crippen molar-refractivity contribution in [2.75, 3.05) is 0 Å². The average Bonchev–Trinajstić information content (AvgIpc) is 2.45. The Hall–Kier alpha value is -2.06. The van der Waals surface area contributed by atoms with E-state index in [0.717, 1.165) is 11.8 Å². The molecule has 1 aliphatic carbocycles. The Morgan fingerprint density at radius 3 is 3.16 bits per heavy atom. The maximum atomic E-state index is 4.44. The fourth-order valence-corrected chi connectivity index (χ4v) is 2.59. The third-order valence-corrected chi connectivity index (χ3v) is 3.51. The highest BCUT2D eigenvalue weighted by molar-refractivity contribution is 5.85. The zero-order chi connectivity index (χ0) is 11.9. The van der Waals surface area contributed by atoms with Gasteiger partial charge in [-0.25, -0.2) is 0 Å². The molecule has 94 valence electrons. The summed E-state index contributed by atoms with van der Waals surface area (Å²) in [6.45, 7) is 0. The molecule has 2 aliphatic heterocycles. The van der Waals surface area contributed by atoms with E-state index in [0.29, 0.717) is 0 Å². The van der Waals surface area contributed by atoms with Gasteiger partial charge in [0, 0.05) is 23.8 Å². The smallest absolute Gasteiger partial charge is 0.0737 e. The van der Waals surface area contributed by atoms with Crippen molar-refractivity contribution < 1.29 is 0 Å². The van der Waals surface area contributed by atoms with Crippen LogP contribution in [0.5, 0.6) is 0 Å². The molecular formula is C16H13ClN2. The van der Waals surface area contributed by atoms with E-state index in [-0.39, 0.29) is 12.4 Å². The second-order valence-corrected chi connectivity index (χ2v) is 4.59. The van der Waals surface area contributed by atoms with Crippen molar-refractivity contribution in [3.8, 4) is 0 Å². The predicted molar refractivity (Wildman–Crippen MR) is 79.5 cm³/mol. The molecule has 0 unspecified atom stereocenters. The quantitative estimate of drug-likeness (QED) is 0.716. The summed E-state index contributed by atoms with van der Waals surface area (Å²) < 4.78 is 0. The van der Waals surface area contributed by atoms with Crippen molar-refractivity contribution in [3.05, 3.63) is 76.2 Å². The number of hydrogen-bond acceptors (Lipinski definition) is 2. The Kier molecular flexibility index (Phi) is 2.88. The fourth-order valence-electron chi connectivity index (χ4n) is 2.59. The molecule has 3 heterocycles. The summed E-state index contributed by atoms with van der Waals surface area (Å²) in [6.07, 6.45) is 18.0. The summed E-state index contributed by atoms with van der Waals surface area (Å²) in [4.78, 5) is 6.63. The average molecular weight is 269 g/mol. The summed E-state index contributed by atoms with van der Waals surface area (Å²) in [5.74, 6) is 0. The van der Waals surface area contributed by atoms with E-state index in [4.69, 9.17) is 0 Å². The van der Waals surface area contributed by atoms with Crippen molar-refractivity contribution in [2.45, 2.75) is 6.42 Å². The van der Waals surface area contributed by atoms with Crippen LogP contribution in [0.2, 0.25) is 0 Å². The van der Waals surface area contributed by atoms with Gasteiger partial charge in [-0.1, -0.05) is 18.2 Å². The van der Waals surface area contributed by atoms with Crippen LogP contribution in [0.15, 0.2) is 65.7 Å². The number of halogens is 1. The summed E-state index contributed by atoms with van der Waals surface area (Å²) in [5, 5.41) is 2.23. The third-order valence-electron chi connectivity index (χ3n) is 3.51. The topological polar surface area (TPSA) is 16.1 Å². The van der Waals surface area contributed by atoms with Crippen LogP contribution in [0.1, 0.15) is 6.42 Å². The van der Waals surface area contributed by atoms with E-state index >= 15 is 0 Å². The Bertz CT molecular complexity index is 766. The molecule has 1 aromatic rings. The lowest BCUT2D eigenvalue weighted by molar-refractivity contribution is 0.684. The van der Waals surface area contributed by atoms with E-state index in [1.54, 1.807) is 0 Å². The van der Waals surface area contributed by atoms with Gasteiger partial charge in [0.05, 0.1) is 11.0 Å². The summed E-state index contributed by atoms with van der Waals surface area (Å²) >= 11 is 0. The van der Waals surface area contributed by atoms with Crippen molar-refractivity contribution in [1.29, 1.82) is 0 Å². The second kappa shape index (κ2) is 4.56. The summed E-state index contributed by atoms with van der Waals surface area (Å²) in [7, 11) is 0. The molecule has 1 aromatic heterocycles. The van der Waals surface area contributed by atoms with E-state index in [1.807, 2.05) is 12.3 Å². The molecule has 0 amide bonds. The van der Waals surface area contributed by atoms with Crippen LogP contribution in [0, 0.1) is 0 Å². The lowest BCUT2D eigenvalue weighted by Gasteiger charge is -2.28. The van der Waals surface area contributed by atoms with Gasteiger partial charge in [-0.2, -0.15) is 0 Å². The normalized spacial score (nSPS) is 18.3. The molecule has 0 atom stereocenters. The molecule has 0 spiro atoms. The van der Waals surface area contributed by atoms with Gasteiger partial charge < -0.3 is 4.90 Å². The highest BCUT2D eigenvalue weighted by Crippen LogP contribution is 2.31. The molecular weight excluding hydrogens is 256 g/mol. The highest BCUT2D eigenvalue weighted by atomic mass is 35.5. The molecule has 0 saturated heterocycles. The molecule has 19 heavy (non-hydrogen) atoms. The molecule has 0 saturated carbocycles. The second-order valence-electron chi connectivity index (χ2n) is 4.59. The van der Waals surface area contributed by atoms with Gasteiger partial charge in [-0.3, -0.25) is 4.98 Å². The van der Waals surface area contributed by atoms with Crippen molar-refractivity contribution in [1.82, 2.24) is 9.88 Å². The predicted octanol–water partition coefficient (Wildman–Crippen LogP) is 2.01. The van der Waals surface area contributed by atoms with E-state index < -0.39 is 0 Å². The molecule has 3 aliphatic rings. The number of nitrogens with zero attached hydrogens (tertiary/aromatic N) is 2. The zero-order valence-electron chi connectivity index (χ0n) is 10.3. The first-order chi connectivity index (χ1) is 8.92. The van der Waals surface area contributed by atoms with Crippen molar-refractivity contribution >= 4 is 24.7 Å². The molecule has 0 N–H and O–H groups in total. The minimum Gasteiger partial charge on any atom is -0.323 e. The van der Waals surface area contributed by atoms with Gasteiger partial charge in [-0.05, 0) is 41.9 Å². The Balaban J connectivity index is 0.00000110. The molecule has 3 heteroatoms. The molecule has 0 bridgehead atoms.